The van der Waals surface area contributed by atoms with Crippen LogP contribution >= 0.6 is 0 Å². The Morgan fingerprint density at radius 2 is 1.68 bits per heavy atom. The van der Waals surface area contributed by atoms with E-state index in [1.165, 1.54) is 6.07 Å². The Morgan fingerprint density at radius 1 is 0.968 bits per heavy atom. The van der Waals surface area contributed by atoms with Gasteiger partial charge >= 0.3 is 0 Å². The van der Waals surface area contributed by atoms with Gasteiger partial charge in [0.15, 0.2) is 16.9 Å². The van der Waals surface area contributed by atoms with Crippen LogP contribution in [0.1, 0.15) is 0 Å². The summed E-state index contributed by atoms with van der Waals surface area (Å²) in [6.45, 7) is -0.688. The van der Waals surface area contributed by atoms with Crippen LogP contribution in [0.25, 0.3) is 22.3 Å². The first kappa shape index (κ1) is 21.1. The molecule has 0 saturated carbocycles. The third-order valence-corrected chi connectivity index (χ3v) is 5.07. The number of ether oxygens (including phenoxy) is 2. The molecule has 2 aromatic carbocycles. The number of benzene rings is 2. The number of aliphatic hydroxyl groups is 4. The summed E-state index contributed by atoms with van der Waals surface area (Å²) in [5.74, 6) is -1.77. The molecule has 1 fully saturated rings. The smallest absolute Gasteiger partial charge is 0.229 e. The van der Waals surface area contributed by atoms with Crippen molar-refractivity contribution in [3.63, 3.8) is 0 Å². The van der Waals surface area contributed by atoms with Gasteiger partial charge in [-0.25, -0.2) is 0 Å². The van der Waals surface area contributed by atoms with Crippen molar-refractivity contribution in [2.75, 3.05) is 6.61 Å². The second-order valence-electron chi connectivity index (χ2n) is 7.10. The molecule has 10 nitrogen and oxygen atoms in total. The van der Waals surface area contributed by atoms with Crippen LogP contribution in [0.15, 0.2) is 51.7 Å². The molecule has 0 spiro atoms. The molecule has 164 valence electrons. The summed E-state index contributed by atoms with van der Waals surface area (Å²) in [5, 5.41) is 59.8. The van der Waals surface area contributed by atoms with Gasteiger partial charge in [0, 0.05) is 17.7 Å². The normalized spacial score (nSPS) is 26.1. The molecular formula is C21H20O10. The van der Waals surface area contributed by atoms with E-state index in [0.29, 0.717) is 5.56 Å². The summed E-state index contributed by atoms with van der Waals surface area (Å²) in [4.78, 5) is 12.7. The minimum absolute atomic E-state index is 0.109. The Bertz CT molecular complexity index is 1140. The van der Waals surface area contributed by atoms with E-state index < -0.39 is 60.0 Å². The van der Waals surface area contributed by atoms with E-state index in [9.17, 15) is 35.4 Å². The predicted molar refractivity (Wildman–Crippen MR) is 106 cm³/mol. The molecule has 2 heterocycles. The Morgan fingerprint density at radius 3 is 2.35 bits per heavy atom. The number of hydrogen-bond donors (Lipinski definition) is 6. The molecule has 4 rings (SSSR count). The SMILES string of the molecule is O=c1cc(-c2ccccc2)oc2cc(O)c(OC3OC(CO)C(O)C(O)C3O)c(O)c12. The summed E-state index contributed by atoms with van der Waals surface area (Å²) in [7, 11) is 0. The lowest BCUT2D eigenvalue weighted by molar-refractivity contribution is -0.277. The van der Waals surface area contributed by atoms with Crippen molar-refractivity contribution in [1.29, 1.82) is 0 Å². The van der Waals surface area contributed by atoms with E-state index in [2.05, 4.69) is 0 Å². The summed E-state index contributed by atoms with van der Waals surface area (Å²) < 4.78 is 16.2. The molecule has 5 unspecified atom stereocenters. The summed E-state index contributed by atoms with van der Waals surface area (Å²) >= 11 is 0. The van der Waals surface area contributed by atoms with Crippen molar-refractivity contribution < 1.29 is 44.5 Å². The highest BCUT2D eigenvalue weighted by molar-refractivity contribution is 5.89. The molecule has 1 saturated heterocycles. The van der Waals surface area contributed by atoms with E-state index in [4.69, 9.17) is 13.9 Å². The largest absolute Gasteiger partial charge is 0.504 e. The van der Waals surface area contributed by atoms with Crippen molar-refractivity contribution in [3.05, 3.63) is 52.7 Å². The molecule has 6 N–H and O–H groups in total. The van der Waals surface area contributed by atoms with Crippen molar-refractivity contribution >= 4 is 11.0 Å². The van der Waals surface area contributed by atoms with Crippen LogP contribution in [0, 0.1) is 0 Å². The highest BCUT2D eigenvalue weighted by atomic mass is 16.7. The van der Waals surface area contributed by atoms with Gasteiger partial charge in [0.1, 0.15) is 41.1 Å². The van der Waals surface area contributed by atoms with Crippen molar-refractivity contribution in [1.82, 2.24) is 0 Å². The maximum atomic E-state index is 12.7. The van der Waals surface area contributed by atoms with E-state index in [-0.39, 0.29) is 16.7 Å². The molecule has 0 bridgehead atoms. The van der Waals surface area contributed by atoms with Gasteiger partial charge in [-0.15, -0.1) is 0 Å². The zero-order valence-electron chi connectivity index (χ0n) is 16.0. The van der Waals surface area contributed by atoms with E-state index >= 15 is 0 Å². The molecule has 0 aliphatic carbocycles. The Hall–Kier alpha value is -3.15. The molecule has 0 radical (unpaired) electrons. The topological polar surface area (TPSA) is 170 Å². The number of fused-ring (bicyclic) bond motifs is 1. The molecule has 0 amide bonds. The fourth-order valence-electron chi connectivity index (χ4n) is 3.41. The van der Waals surface area contributed by atoms with Crippen LogP contribution in [0.5, 0.6) is 17.2 Å². The monoisotopic (exact) mass is 432 g/mol. The second-order valence-corrected chi connectivity index (χ2v) is 7.10. The van der Waals surface area contributed by atoms with Crippen molar-refractivity contribution in [2.45, 2.75) is 30.7 Å². The van der Waals surface area contributed by atoms with Gasteiger partial charge in [-0.3, -0.25) is 4.79 Å². The van der Waals surface area contributed by atoms with Crippen LogP contribution in [0.4, 0.5) is 0 Å². The van der Waals surface area contributed by atoms with Gasteiger partial charge in [0.25, 0.3) is 0 Å². The predicted octanol–water partition coefficient (Wildman–Crippen LogP) is 0.0499. The highest BCUT2D eigenvalue weighted by Crippen LogP contribution is 2.43. The lowest BCUT2D eigenvalue weighted by atomic mass is 9.99. The molecule has 5 atom stereocenters. The standard InChI is InChI=1S/C21H20O10/c22-8-14-16(25)18(27)19(28)21(30-14)31-20-11(24)7-13-15(17(20)26)10(23)6-12(29-13)9-4-2-1-3-5-9/h1-7,14,16,18-19,21-22,24-28H,8H2. The fraction of sp³-hybridized carbons (Fsp3) is 0.286. The third-order valence-electron chi connectivity index (χ3n) is 5.07. The van der Waals surface area contributed by atoms with Gasteiger partial charge in [0.2, 0.25) is 12.0 Å². The number of rotatable bonds is 4. The number of aliphatic hydroxyl groups excluding tert-OH is 4. The Balaban J connectivity index is 1.74. The van der Waals surface area contributed by atoms with Crippen LogP contribution in [0.3, 0.4) is 0 Å². The molecular weight excluding hydrogens is 412 g/mol. The minimum atomic E-state index is -1.77. The van der Waals surface area contributed by atoms with E-state index in [0.717, 1.165) is 6.07 Å². The molecule has 1 aromatic heterocycles. The van der Waals surface area contributed by atoms with Crippen LogP contribution in [0.2, 0.25) is 0 Å². The zero-order valence-corrected chi connectivity index (χ0v) is 16.0. The van der Waals surface area contributed by atoms with E-state index in [1.807, 2.05) is 0 Å². The number of phenolic OH excluding ortho intramolecular Hbond substituents is 2. The molecule has 31 heavy (non-hydrogen) atoms. The van der Waals surface area contributed by atoms with Gasteiger partial charge in [0.05, 0.1) is 6.61 Å². The first-order valence-corrected chi connectivity index (χ1v) is 9.37. The molecule has 10 heteroatoms. The first-order chi connectivity index (χ1) is 14.8. The minimum Gasteiger partial charge on any atom is -0.504 e. The maximum Gasteiger partial charge on any atom is 0.229 e. The van der Waals surface area contributed by atoms with Crippen LogP contribution in [-0.4, -0.2) is 68.0 Å². The lowest BCUT2D eigenvalue weighted by Crippen LogP contribution is -2.60. The van der Waals surface area contributed by atoms with Gasteiger partial charge in [-0.2, -0.15) is 0 Å². The summed E-state index contributed by atoms with van der Waals surface area (Å²) in [6, 6.07) is 11.0. The van der Waals surface area contributed by atoms with Crippen LogP contribution in [-0.2, 0) is 4.74 Å². The average Bonchev–Trinajstić information content (AvgIpc) is 2.76. The quantitative estimate of drug-likeness (QED) is 0.331. The number of aromatic hydroxyl groups is 2. The number of phenols is 2. The maximum absolute atomic E-state index is 12.7. The molecule has 1 aliphatic rings. The number of hydrogen-bond acceptors (Lipinski definition) is 10. The molecule has 3 aromatic rings. The van der Waals surface area contributed by atoms with E-state index in [1.54, 1.807) is 30.3 Å². The second kappa shape index (κ2) is 8.17. The summed E-state index contributed by atoms with van der Waals surface area (Å²) in [6.07, 6.45) is -8.03. The zero-order chi connectivity index (χ0) is 22.3. The lowest BCUT2D eigenvalue weighted by Gasteiger charge is -2.39. The Labute approximate surface area is 174 Å². The van der Waals surface area contributed by atoms with Crippen LogP contribution < -0.4 is 10.2 Å². The summed E-state index contributed by atoms with van der Waals surface area (Å²) in [5.41, 5.74) is -0.110. The van der Waals surface area contributed by atoms with Crippen molar-refractivity contribution in [2.24, 2.45) is 0 Å². The van der Waals surface area contributed by atoms with Gasteiger partial charge < -0.3 is 44.5 Å². The van der Waals surface area contributed by atoms with Gasteiger partial charge in [-0.1, -0.05) is 30.3 Å². The third kappa shape index (κ3) is 3.71. The van der Waals surface area contributed by atoms with Crippen molar-refractivity contribution in [3.8, 4) is 28.6 Å². The average molecular weight is 432 g/mol. The Kier molecular flexibility index (Phi) is 5.56. The highest BCUT2D eigenvalue weighted by Gasteiger charge is 2.45. The fourth-order valence-corrected chi connectivity index (χ4v) is 3.41. The van der Waals surface area contributed by atoms with Gasteiger partial charge in [-0.05, 0) is 0 Å². The first-order valence-electron chi connectivity index (χ1n) is 9.37. The molecule has 1 aliphatic heterocycles.